The predicted octanol–water partition coefficient (Wildman–Crippen LogP) is 0.489. The Hall–Kier alpha value is -0.930. The molecule has 2 rings (SSSR count). The molecule has 1 aromatic heterocycles. The molecule has 0 unspecified atom stereocenters. The van der Waals surface area contributed by atoms with Gasteiger partial charge in [0.25, 0.3) is 0 Å². The van der Waals surface area contributed by atoms with E-state index in [0.717, 1.165) is 0 Å². The highest BCUT2D eigenvalue weighted by Gasteiger charge is 2.40. The quantitative estimate of drug-likeness (QED) is 0.800. The third kappa shape index (κ3) is 2.61. The van der Waals surface area contributed by atoms with Gasteiger partial charge in [-0.15, -0.1) is 0 Å². The van der Waals surface area contributed by atoms with Gasteiger partial charge in [-0.05, 0) is 20.3 Å². The first-order valence-electron chi connectivity index (χ1n) is 6.34. The molecular weight excluding hydrogens is 304 g/mol. The maximum atomic E-state index is 12.7. The van der Waals surface area contributed by atoms with E-state index in [1.54, 1.807) is 13.8 Å². The van der Waals surface area contributed by atoms with Crippen LogP contribution in [-0.2, 0) is 19.9 Å². The summed E-state index contributed by atoms with van der Waals surface area (Å²) >= 11 is 0. The lowest BCUT2D eigenvalue weighted by Crippen LogP contribution is -2.41. The minimum atomic E-state index is -3.79. The molecule has 0 aliphatic carbocycles. The maximum absolute atomic E-state index is 12.7. The van der Waals surface area contributed by atoms with Crippen molar-refractivity contribution in [2.24, 2.45) is 0 Å². The summed E-state index contributed by atoms with van der Waals surface area (Å²) in [5, 5.41) is 3.66. The molecule has 1 aliphatic rings. The van der Waals surface area contributed by atoms with Crippen molar-refractivity contribution in [3.05, 3.63) is 11.5 Å². The van der Waals surface area contributed by atoms with Crippen molar-refractivity contribution < 1.29 is 21.4 Å². The second-order valence-corrected chi connectivity index (χ2v) is 8.97. The number of sulfone groups is 1. The number of hydrogen-bond donors (Lipinski definition) is 0. The fraction of sp³-hybridized carbons (Fsp3) is 0.727. The fourth-order valence-corrected chi connectivity index (χ4v) is 6.37. The Morgan fingerprint density at radius 2 is 2.05 bits per heavy atom. The van der Waals surface area contributed by atoms with E-state index < -0.39 is 25.9 Å². The zero-order valence-corrected chi connectivity index (χ0v) is 13.3. The summed E-state index contributed by atoms with van der Waals surface area (Å²) in [4.78, 5) is 0.0450. The fourth-order valence-electron chi connectivity index (χ4n) is 2.59. The van der Waals surface area contributed by atoms with Gasteiger partial charge in [-0.2, -0.15) is 4.31 Å². The molecule has 7 nitrogen and oxygen atoms in total. The van der Waals surface area contributed by atoms with Gasteiger partial charge < -0.3 is 4.52 Å². The van der Waals surface area contributed by atoms with Gasteiger partial charge in [-0.1, -0.05) is 12.1 Å². The van der Waals surface area contributed by atoms with Crippen LogP contribution in [0.5, 0.6) is 0 Å². The van der Waals surface area contributed by atoms with Crippen LogP contribution in [0, 0.1) is 13.8 Å². The van der Waals surface area contributed by atoms with Gasteiger partial charge in [-0.3, -0.25) is 0 Å². The van der Waals surface area contributed by atoms with Crippen LogP contribution in [0.15, 0.2) is 9.42 Å². The molecule has 1 aliphatic heterocycles. The molecule has 0 bridgehead atoms. The Balaban J connectivity index is 2.42. The number of hydrogen-bond acceptors (Lipinski definition) is 6. The highest BCUT2D eigenvalue weighted by Crippen LogP contribution is 2.28. The van der Waals surface area contributed by atoms with Crippen LogP contribution in [-0.4, -0.2) is 50.4 Å². The molecule has 0 amide bonds. The van der Waals surface area contributed by atoms with Crippen molar-refractivity contribution in [3.63, 3.8) is 0 Å². The summed E-state index contributed by atoms with van der Waals surface area (Å²) < 4.78 is 54.6. The number of nitrogens with zero attached hydrogens (tertiary/aromatic N) is 2. The molecule has 0 radical (unpaired) electrons. The van der Waals surface area contributed by atoms with Crippen molar-refractivity contribution in [1.82, 2.24) is 9.46 Å². The Morgan fingerprint density at radius 3 is 2.45 bits per heavy atom. The number of aromatic nitrogens is 1. The van der Waals surface area contributed by atoms with Gasteiger partial charge >= 0.3 is 0 Å². The van der Waals surface area contributed by atoms with Gasteiger partial charge in [0.2, 0.25) is 10.0 Å². The minimum Gasteiger partial charge on any atom is -0.360 e. The second kappa shape index (κ2) is 5.12. The van der Waals surface area contributed by atoms with E-state index in [9.17, 15) is 16.8 Å². The van der Waals surface area contributed by atoms with Crippen molar-refractivity contribution in [3.8, 4) is 0 Å². The van der Waals surface area contributed by atoms with Gasteiger partial charge in [0.15, 0.2) is 15.6 Å². The Bertz CT molecular complexity index is 686. The zero-order chi connectivity index (χ0) is 15.1. The van der Waals surface area contributed by atoms with Crippen LogP contribution in [0.25, 0.3) is 0 Å². The van der Waals surface area contributed by atoms with Gasteiger partial charge in [0, 0.05) is 12.6 Å². The topological polar surface area (TPSA) is 97.6 Å². The Labute approximate surface area is 118 Å². The van der Waals surface area contributed by atoms with Crippen LogP contribution in [0.1, 0.15) is 24.8 Å². The monoisotopic (exact) mass is 322 g/mol. The Kier molecular flexibility index (Phi) is 3.96. The molecule has 0 saturated carbocycles. The van der Waals surface area contributed by atoms with E-state index in [1.807, 2.05) is 0 Å². The summed E-state index contributed by atoms with van der Waals surface area (Å²) in [7, 11) is -6.94. The first-order valence-corrected chi connectivity index (χ1v) is 9.60. The van der Waals surface area contributed by atoms with Crippen molar-refractivity contribution in [1.29, 1.82) is 0 Å². The van der Waals surface area contributed by atoms with E-state index in [1.165, 1.54) is 11.2 Å². The lowest BCUT2D eigenvalue weighted by atomic mass is 10.3. The molecule has 2 heterocycles. The van der Waals surface area contributed by atoms with Crippen molar-refractivity contribution in [2.45, 2.75) is 38.1 Å². The molecule has 1 atom stereocenters. The maximum Gasteiger partial charge on any atom is 0.248 e. The third-order valence-corrected chi connectivity index (χ3v) is 7.48. The number of sulfonamides is 1. The Morgan fingerprint density at radius 1 is 1.40 bits per heavy atom. The first-order chi connectivity index (χ1) is 9.19. The highest BCUT2D eigenvalue weighted by atomic mass is 32.2. The molecule has 1 fully saturated rings. The number of rotatable bonds is 4. The molecule has 0 aromatic carbocycles. The standard InChI is InChI=1S/C11H18N2O5S2/c1-4-13(10-5-6-19(14,15)7-10)20(16,17)11-8(2)12-18-9(11)3/h10H,4-7H2,1-3H3/t10-/m0/s1. The van der Waals surface area contributed by atoms with Gasteiger partial charge in [0.05, 0.1) is 11.5 Å². The zero-order valence-electron chi connectivity index (χ0n) is 11.7. The summed E-state index contributed by atoms with van der Waals surface area (Å²) in [6.45, 7) is 5.00. The summed E-state index contributed by atoms with van der Waals surface area (Å²) in [5.41, 5.74) is 0.293. The van der Waals surface area contributed by atoms with Crippen molar-refractivity contribution in [2.75, 3.05) is 18.1 Å². The van der Waals surface area contributed by atoms with Gasteiger partial charge in [0.1, 0.15) is 10.6 Å². The number of aryl methyl sites for hydroxylation is 2. The lowest BCUT2D eigenvalue weighted by molar-refractivity contribution is 0.352. The van der Waals surface area contributed by atoms with E-state index in [-0.39, 0.29) is 28.7 Å². The summed E-state index contributed by atoms with van der Waals surface area (Å²) in [6, 6.07) is -0.510. The predicted molar refractivity (Wildman–Crippen MR) is 72.6 cm³/mol. The van der Waals surface area contributed by atoms with Gasteiger partial charge in [-0.25, -0.2) is 16.8 Å². The third-order valence-electron chi connectivity index (χ3n) is 3.46. The van der Waals surface area contributed by atoms with E-state index >= 15 is 0 Å². The van der Waals surface area contributed by atoms with Crippen LogP contribution >= 0.6 is 0 Å². The van der Waals surface area contributed by atoms with E-state index in [4.69, 9.17) is 4.52 Å². The average Bonchev–Trinajstić information content (AvgIpc) is 2.83. The molecule has 1 saturated heterocycles. The molecule has 20 heavy (non-hydrogen) atoms. The summed E-state index contributed by atoms with van der Waals surface area (Å²) in [6.07, 6.45) is 0.332. The minimum absolute atomic E-state index is 0.0330. The molecule has 114 valence electrons. The van der Waals surface area contributed by atoms with Crippen LogP contribution in [0.4, 0.5) is 0 Å². The van der Waals surface area contributed by atoms with Crippen LogP contribution in [0.3, 0.4) is 0 Å². The SMILES string of the molecule is CCN([C@H]1CCS(=O)(=O)C1)S(=O)(=O)c1c(C)noc1C. The van der Waals surface area contributed by atoms with Crippen LogP contribution < -0.4 is 0 Å². The van der Waals surface area contributed by atoms with E-state index in [0.29, 0.717) is 12.1 Å². The van der Waals surface area contributed by atoms with E-state index in [2.05, 4.69) is 5.16 Å². The average molecular weight is 322 g/mol. The molecule has 0 N–H and O–H groups in total. The molecule has 1 aromatic rings. The smallest absolute Gasteiger partial charge is 0.248 e. The summed E-state index contributed by atoms with van der Waals surface area (Å²) in [5.74, 6) is 0.135. The first kappa shape index (κ1) is 15.5. The van der Waals surface area contributed by atoms with Crippen molar-refractivity contribution >= 4 is 19.9 Å². The molecule has 0 spiro atoms. The lowest BCUT2D eigenvalue weighted by Gasteiger charge is -2.25. The molecule has 9 heteroatoms. The molecular formula is C11H18N2O5S2. The largest absolute Gasteiger partial charge is 0.360 e. The highest BCUT2D eigenvalue weighted by molar-refractivity contribution is 7.92. The normalized spacial score (nSPS) is 22.5. The van der Waals surface area contributed by atoms with Crippen LogP contribution in [0.2, 0.25) is 0 Å². The second-order valence-electron chi connectivity index (χ2n) is 4.92.